The Morgan fingerprint density at radius 3 is 2.85 bits per heavy atom. The molecule has 0 saturated heterocycles. The van der Waals surface area contributed by atoms with Crippen LogP contribution in [-0.2, 0) is 0 Å². The van der Waals surface area contributed by atoms with Crippen LogP contribution in [0.4, 0.5) is 0 Å². The Balaban J connectivity index is 2.13. The summed E-state index contributed by atoms with van der Waals surface area (Å²) < 4.78 is 0.429. The second-order valence-corrected chi connectivity index (χ2v) is 4.71. The Kier molecular flexibility index (Phi) is 2.26. The van der Waals surface area contributed by atoms with Crippen LogP contribution in [0.5, 0.6) is 0 Å². The van der Waals surface area contributed by atoms with Crippen molar-refractivity contribution in [2.24, 2.45) is 0 Å². The molecule has 2 rings (SSSR count). The molecule has 0 radical (unpaired) electrons. The highest BCUT2D eigenvalue weighted by molar-refractivity contribution is 7.17. The van der Waals surface area contributed by atoms with Gasteiger partial charge >= 0.3 is 0 Å². The number of carbonyl (C=O) groups excluding carboxylic acids is 1. The minimum Gasteiger partial charge on any atom is -0.349 e. The van der Waals surface area contributed by atoms with E-state index >= 15 is 0 Å². The minimum absolute atomic E-state index is 0.0376. The molecule has 0 aromatic carbocycles. The van der Waals surface area contributed by atoms with E-state index in [1.54, 1.807) is 6.92 Å². The number of aromatic nitrogens is 1. The summed E-state index contributed by atoms with van der Waals surface area (Å²) in [5.41, 5.74) is 0.716. The van der Waals surface area contributed by atoms with Gasteiger partial charge in [0.05, 0.1) is 5.69 Å². The van der Waals surface area contributed by atoms with Gasteiger partial charge < -0.3 is 5.32 Å². The van der Waals surface area contributed by atoms with E-state index in [4.69, 9.17) is 11.6 Å². The molecule has 1 aromatic heterocycles. The van der Waals surface area contributed by atoms with E-state index in [9.17, 15) is 4.79 Å². The minimum atomic E-state index is -0.0376. The molecule has 1 amide bonds. The van der Waals surface area contributed by atoms with Gasteiger partial charge in [-0.15, -0.1) is 0 Å². The van der Waals surface area contributed by atoms with Crippen LogP contribution in [0.2, 0.25) is 4.47 Å². The summed E-state index contributed by atoms with van der Waals surface area (Å²) in [6.45, 7) is 1.80. The van der Waals surface area contributed by atoms with E-state index in [2.05, 4.69) is 10.3 Å². The van der Waals surface area contributed by atoms with Crippen LogP contribution < -0.4 is 5.32 Å². The van der Waals surface area contributed by atoms with Gasteiger partial charge in [0.15, 0.2) is 4.47 Å². The number of amides is 1. The van der Waals surface area contributed by atoms with E-state index in [1.807, 2.05) is 0 Å². The lowest BCUT2D eigenvalue weighted by Crippen LogP contribution is -2.25. The van der Waals surface area contributed by atoms with Crippen LogP contribution in [0.3, 0.4) is 0 Å². The van der Waals surface area contributed by atoms with Crippen LogP contribution in [0.15, 0.2) is 0 Å². The first-order valence-corrected chi connectivity index (χ1v) is 5.30. The number of halogens is 1. The number of aryl methyl sites for hydroxylation is 1. The monoisotopic (exact) mass is 216 g/mol. The van der Waals surface area contributed by atoms with Gasteiger partial charge in [0.2, 0.25) is 0 Å². The van der Waals surface area contributed by atoms with Crippen molar-refractivity contribution < 1.29 is 4.79 Å². The van der Waals surface area contributed by atoms with Crippen LogP contribution in [-0.4, -0.2) is 16.9 Å². The maximum atomic E-state index is 11.5. The molecule has 1 N–H and O–H groups in total. The first kappa shape index (κ1) is 8.97. The molecule has 0 spiro atoms. The summed E-state index contributed by atoms with van der Waals surface area (Å²) in [7, 11) is 0. The van der Waals surface area contributed by atoms with Crippen molar-refractivity contribution in [1.29, 1.82) is 0 Å². The van der Waals surface area contributed by atoms with E-state index in [-0.39, 0.29) is 5.91 Å². The summed E-state index contributed by atoms with van der Waals surface area (Å²) in [5, 5.41) is 2.90. The standard InChI is InChI=1S/C8H9ClN2OS/c1-4-6(13-8(9)10-4)7(12)11-5-2-3-5/h5H,2-3H2,1H3,(H,11,12). The zero-order chi connectivity index (χ0) is 9.42. The molecule has 1 aromatic rings. The van der Waals surface area contributed by atoms with Gasteiger partial charge in [-0.25, -0.2) is 4.98 Å². The average molecular weight is 217 g/mol. The topological polar surface area (TPSA) is 42.0 Å². The molecule has 70 valence electrons. The summed E-state index contributed by atoms with van der Waals surface area (Å²) in [6, 6.07) is 0.382. The van der Waals surface area contributed by atoms with Gasteiger partial charge in [-0.3, -0.25) is 4.79 Å². The third kappa shape index (κ3) is 2.00. The van der Waals surface area contributed by atoms with Gasteiger partial charge in [0.1, 0.15) is 4.88 Å². The van der Waals surface area contributed by atoms with Gasteiger partial charge in [-0.05, 0) is 19.8 Å². The van der Waals surface area contributed by atoms with Gasteiger partial charge in [-0.2, -0.15) is 0 Å². The molecule has 0 unspecified atom stereocenters. The Hall–Kier alpha value is -0.610. The zero-order valence-electron chi connectivity index (χ0n) is 7.13. The van der Waals surface area contributed by atoms with Crippen molar-refractivity contribution in [3.8, 4) is 0 Å². The molecule has 3 nitrogen and oxygen atoms in total. The van der Waals surface area contributed by atoms with Crippen molar-refractivity contribution >= 4 is 28.8 Å². The van der Waals surface area contributed by atoms with Crippen LogP contribution in [0.1, 0.15) is 28.2 Å². The summed E-state index contributed by atoms with van der Waals surface area (Å²) in [6.07, 6.45) is 2.19. The normalized spacial score (nSPS) is 15.8. The van der Waals surface area contributed by atoms with Crippen LogP contribution in [0, 0.1) is 6.92 Å². The fourth-order valence-corrected chi connectivity index (χ4v) is 2.11. The number of rotatable bonds is 2. The van der Waals surface area contributed by atoms with Gasteiger partial charge in [0.25, 0.3) is 5.91 Å². The molecule has 1 aliphatic rings. The van der Waals surface area contributed by atoms with Crippen molar-refractivity contribution in [2.75, 3.05) is 0 Å². The predicted octanol–water partition coefficient (Wildman–Crippen LogP) is 2.00. The Morgan fingerprint density at radius 2 is 2.38 bits per heavy atom. The molecule has 0 aliphatic heterocycles. The first-order valence-electron chi connectivity index (χ1n) is 4.10. The molecule has 0 atom stereocenters. The Morgan fingerprint density at radius 1 is 1.69 bits per heavy atom. The van der Waals surface area contributed by atoms with Gasteiger partial charge in [0, 0.05) is 6.04 Å². The molecule has 0 bridgehead atoms. The SMILES string of the molecule is Cc1nc(Cl)sc1C(=O)NC1CC1. The number of nitrogens with zero attached hydrogens (tertiary/aromatic N) is 1. The van der Waals surface area contributed by atoms with E-state index in [0.717, 1.165) is 12.8 Å². The highest BCUT2D eigenvalue weighted by Gasteiger charge is 2.25. The van der Waals surface area contributed by atoms with E-state index in [1.165, 1.54) is 11.3 Å². The highest BCUT2D eigenvalue weighted by Crippen LogP contribution is 2.24. The molecule has 1 heterocycles. The summed E-state index contributed by atoms with van der Waals surface area (Å²) in [5.74, 6) is -0.0376. The number of hydrogen-bond donors (Lipinski definition) is 1. The lowest BCUT2D eigenvalue weighted by atomic mass is 10.4. The fourth-order valence-electron chi connectivity index (χ4n) is 1.05. The smallest absolute Gasteiger partial charge is 0.263 e. The third-order valence-corrected chi connectivity index (χ3v) is 3.15. The van der Waals surface area contributed by atoms with Crippen LogP contribution in [0.25, 0.3) is 0 Å². The molecule has 13 heavy (non-hydrogen) atoms. The van der Waals surface area contributed by atoms with Crippen molar-refractivity contribution in [3.05, 3.63) is 15.0 Å². The molecule has 1 saturated carbocycles. The highest BCUT2D eigenvalue weighted by atomic mass is 35.5. The molecular weight excluding hydrogens is 208 g/mol. The molecule has 5 heteroatoms. The van der Waals surface area contributed by atoms with Gasteiger partial charge in [-0.1, -0.05) is 22.9 Å². The summed E-state index contributed by atoms with van der Waals surface area (Å²) in [4.78, 5) is 16.1. The third-order valence-electron chi connectivity index (χ3n) is 1.89. The number of hydrogen-bond acceptors (Lipinski definition) is 3. The zero-order valence-corrected chi connectivity index (χ0v) is 8.71. The second-order valence-electron chi connectivity index (χ2n) is 3.13. The Bertz CT molecular complexity index is 346. The van der Waals surface area contributed by atoms with Crippen LogP contribution >= 0.6 is 22.9 Å². The number of carbonyl (C=O) groups is 1. The largest absolute Gasteiger partial charge is 0.349 e. The van der Waals surface area contributed by atoms with E-state index < -0.39 is 0 Å². The maximum absolute atomic E-state index is 11.5. The quantitative estimate of drug-likeness (QED) is 0.822. The first-order chi connectivity index (χ1) is 6.16. The lowest BCUT2D eigenvalue weighted by molar-refractivity contribution is 0.0954. The molecular formula is C8H9ClN2OS. The predicted molar refractivity (Wildman–Crippen MR) is 52.3 cm³/mol. The summed E-state index contributed by atoms with van der Waals surface area (Å²) >= 11 is 6.92. The second kappa shape index (κ2) is 3.27. The van der Waals surface area contributed by atoms with E-state index in [0.29, 0.717) is 21.1 Å². The maximum Gasteiger partial charge on any atom is 0.263 e. The Labute approximate surface area is 85.1 Å². The van der Waals surface area contributed by atoms with Crippen molar-refractivity contribution in [3.63, 3.8) is 0 Å². The van der Waals surface area contributed by atoms with Crippen molar-refractivity contribution in [1.82, 2.24) is 10.3 Å². The molecule has 1 aliphatic carbocycles. The fraction of sp³-hybridized carbons (Fsp3) is 0.500. The number of nitrogens with one attached hydrogen (secondary N) is 1. The lowest BCUT2D eigenvalue weighted by Gasteiger charge is -1.99. The average Bonchev–Trinajstić information content (AvgIpc) is 2.77. The molecule has 1 fully saturated rings. The van der Waals surface area contributed by atoms with Crippen molar-refractivity contribution in [2.45, 2.75) is 25.8 Å². The number of thiazole rings is 1.